The van der Waals surface area contributed by atoms with E-state index in [0.717, 1.165) is 0 Å². The molecule has 0 fully saturated rings. The van der Waals surface area contributed by atoms with Gasteiger partial charge in [0.2, 0.25) is 11.4 Å². The number of esters is 2. The summed E-state index contributed by atoms with van der Waals surface area (Å²) in [6.07, 6.45) is -0.204. The summed E-state index contributed by atoms with van der Waals surface area (Å²) in [5.74, 6) is -2.88. The monoisotopic (exact) mass is 325 g/mol. The topological polar surface area (TPSA) is 81.7 Å². The smallest absolute Gasteiger partial charge is 0.344 e. The van der Waals surface area contributed by atoms with E-state index in [-0.39, 0.29) is 19.6 Å². The zero-order valence-electron chi connectivity index (χ0n) is 13.3. The molecule has 1 amide bonds. The van der Waals surface area contributed by atoms with Gasteiger partial charge in [0, 0.05) is 13.3 Å². The van der Waals surface area contributed by atoms with Gasteiger partial charge in [-0.05, 0) is 31.5 Å². The van der Waals surface area contributed by atoms with Crippen LogP contribution >= 0.6 is 0 Å². The Balaban J connectivity index is 3.28. The van der Waals surface area contributed by atoms with Gasteiger partial charge in [0.05, 0.1) is 13.2 Å². The molecule has 0 radical (unpaired) electrons. The van der Waals surface area contributed by atoms with Gasteiger partial charge in [-0.3, -0.25) is 4.79 Å². The van der Waals surface area contributed by atoms with Crippen LogP contribution in [0.15, 0.2) is 24.3 Å². The first kappa shape index (κ1) is 18.6. The number of nitrogens with one attached hydrogen (secondary N) is 1. The molecule has 0 unspecified atom stereocenters. The molecule has 126 valence electrons. The number of carbonyl (C=O) groups excluding carboxylic acids is 3. The summed E-state index contributed by atoms with van der Waals surface area (Å²) < 4.78 is 22.9. The lowest BCUT2D eigenvalue weighted by atomic mass is 9.90. The third kappa shape index (κ3) is 4.77. The van der Waals surface area contributed by atoms with E-state index in [0.29, 0.717) is 5.56 Å². The standard InChI is InChI=1S/C16H20FNO5/c1-4-22-14(20)16(18-11(3)19,15(21)23-5-2)10-12-6-8-13(17)9-7-12/h6-9H,4-5,10H2,1-3H3,(H,18,19). The molecule has 0 aromatic heterocycles. The van der Waals surface area contributed by atoms with E-state index in [1.807, 2.05) is 0 Å². The van der Waals surface area contributed by atoms with E-state index in [2.05, 4.69) is 5.32 Å². The maximum atomic E-state index is 13.0. The molecule has 0 spiro atoms. The van der Waals surface area contributed by atoms with Gasteiger partial charge in [0.25, 0.3) is 0 Å². The molecule has 0 atom stereocenters. The highest BCUT2D eigenvalue weighted by Crippen LogP contribution is 2.19. The van der Waals surface area contributed by atoms with Crippen LogP contribution in [0.3, 0.4) is 0 Å². The Morgan fingerprint density at radius 2 is 1.52 bits per heavy atom. The van der Waals surface area contributed by atoms with E-state index in [4.69, 9.17) is 9.47 Å². The van der Waals surface area contributed by atoms with Crippen molar-refractivity contribution in [3.05, 3.63) is 35.6 Å². The number of hydrogen-bond acceptors (Lipinski definition) is 5. The van der Waals surface area contributed by atoms with E-state index in [1.54, 1.807) is 13.8 Å². The molecule has 23 heavy (non-hydrogen) atoms. The van der Waals surface area contributed by atoms with Crippen molar-refractivity contribution in [3.8, 4) is 0 Å². The molecule has 7 heteroatoms. The second-order valence-electron chi connectivity index (χ2n) is 4.83. The highest BCUT2D eigenvalue weighted by molar-refractivity contribution is 6.08. The maximum Gasteiger partial charge on any atom is 0.344 e. The second kappa shape index (κ2) is 8.26. The fourth-order valence-corrected chi connectivity index (χ4v) is 2.09. The van der Waals surface area contributed by atoms with Crippen LogP contribution in [0.4, 0.5) is 4.39 Å². The third-order valence-corrected chi connectivity index (χ3v) is 3.02. The van der Waals surface area contributed by atoms with Gasteiger partial charge >= 0.3 is 11.9 Å². The molecule has 0 aliphatic carbocycles. The molecule has 0 aliphatic rings. The summed E-state index contributed by atoms with van der Waals surface area (Å²) in [4.78, 5) is 36.3. The molecule has 0 heterocycles. The summed E-state index contributed by atoms with van der Waals surface area (Å²) in [6.45, 7) is 4.41. The quantitative estimate of drug-likeness (QED) is 0.605. The number of rotatable bonds is 7. The van der Waals surface area contributed by atoms with Gasteiger partial charge in [0.15, 0.2) is 0 Å². The van der Waals surface area contributed by atoms with Crippen molar-refractivity contribution in [1.82, 2.24) is 5.32 Å². The summed E-state index contributed by atoms with van der Waals surface area (Å²) in [7, 11) is 0. The van der Waals surface area contributed by atoms with Crippen molar-refractivity contribution in [3.63, 3.8) is 0 Å². The van der Waals surface area contributed by atoms with Gasteiger partial charge < -0.3 is 14.8 Å². The molecule has 1 aromatic carbocycles. The largest absolute Gasteiger partial charge is 0.464 e. The minimum Gasteiger partial charge on any atom is -0.464 e. The molecule has 0 bridgehead atoms. The molecular weight excluding hydrogens is 305 g/mol. The van der Waals surface area contributed by atoms with Crippen LogP contribution in [0.25, 0.3) is 0 Å². The summed E-state index contributed by atoms with van der Waals surface area (Å²) in [5.41, 5.74) is -1.53. The highest BCUT2D eigenvalue weighted by atomic mass is 19.1. The number of halogens is 1. The normalized spacial score (nSPS) is 10.8. The maximum absolute atomic E-state index is 13.0. The first-order valence-electron chi connectivity index (χ1n) is 7.23. The summed E-state index contributed by atoms with van der Waals surface area (Å²) in [6, 6.07) is 5.24. The Kier molecular flexibility index (Phi) is 6.68. The van der Waals surface area contributed by atoms with Crippen LogP contribution < -0.4 is 5.32 Å². The van der Waals surface area contributed by atoms with Gasteiger partial charge in [0.1, 0.15) is 5.82 Å². The van der Waals surface area contributed by atoms with Crippen LogP contribution in [-0.4, -0.2) is 36.6 Å². The molecule has 0 aliphatic heterocycles. The molecular formula is C16H20FNO5. The summed E-state index contributed by atoms with van der Waals surface area (Å²) in [5, 5.41) is 2.34. The number of carbonyl (C=O) groups is 3. The lowest BCUT2D eigenvalue weighted by Gasteiger charge is -2.29. The van der Waals surface area contributed by atoms with Crippen molar-refractivity contribution in [1.29, 1.82) is 0 Å². The molecule has 0 saturated carbocycles. The Morgan fingerprint density at radius 3 is 1.91 bits per heavy atom. The van der Waals surface area contributed by atoms with Crippen LogP contribution in [0.5, 0.6) is 0 Å². The average molecular weight is 325 g/mol. The lowest BCUT2D eigenvalue weighted by Crippen LogP contribution is -2.62. The first-order chi connectivity index (χ1) is 10.9. The Bertz CT molecular complexity index is 552. The zero-order chi connectivity index (χ0) is 17.5. The van der Waals surface area contributed by atoms with Gasteiger partial charge in [-0.15, -0.1) is 0 Å². The Labute approximate surface area is 134 Å². The van der Waals surface area contributed by atoms with E-state index in [9.17, 15) is 18.8 Å². The zero-order valence-corrected chi connectivity index (χ0v) is 13.3. The van der Waals surface area contributed by atoms with E-state index in [1.165, 1.54) is 31.2 Å². The molecule has 1 N–H and O–H groups in total. The Hall–Kier alpha value is -2.44. The fourth-order valence-electron chi connectivity index (χ4n) is 2.09. The SMILES string of the molecule is CCOC(=O)C(Cc1ccc(F)cc1)(NC(C)=O)C(=O)OCC. The number of benzene rings is 1. The van der Waals surface area contributed by atoms with Gasteiger partial charge in [-0.25, -0.2) is 14.0 Å². The second-order valence-corrected chi connectivity index (χ2v) is 4.83. The number of ether oxygens (including phenoxy) is 2. The molecule has 0 saturated heterocycles. The van der Waals surface area contributed by atoms with Gasteiger partial charge in [-0.1, -0.05) is 12.1 Å². The van der Waals surface area contributed by atoms with Crippen LogP contribution in [-0.2, 0) is 30.3 Å². The van der Waals surface area contributed by atoms with Crippen molar-refractivity contribution in [2.75, 3.05) is 13.2 Å². The highest BCUT2D eigenvalue weighted by Gasteiger charge is 2.50. The van der Waals surface area contributed by atoms with Crippen molar-refractivity contribution < 1.29 is 28.2 Å². The number of amides is 1. The predicted molar refractivity (Wildman–Crippen MR) is 79.9 cm³/mol. The fraction of sp³-hybridized carbons (Fsp3) is 0.438. The third-order valence-electron chi connectivity index (χ3n) is 3.02. The molecule has 6 nitrogen and oxygen atoms in total. The van der Waals surface area contributed by atoms with Crippen LogP contribution in [0.2, 0.25) is 0 Å². The van der Waals surface area contributed by atoms with E-state index < -0.39 is 29.2 Å². The Morgan fingerprint density at radius 1 is 1.04 bits per heavy atom. The predicted octanol–water partition coefficient (Wildman–Crippen LogP) is 1.37. The van der Waals surface area contributed by atoms with Crippen LogP contribution in [0.1, 0.15) is 26.3 Å². The minimum absolute atomic E-state index is 0.0307. The molecule has 1 aromatic rings. The number of hydrogen-bond donors (Lipinski definition) is 1. The summed E-state index contributed by atoms with van der Waals surface area (Å²) >= 11 is 0. The lowest BCUT2D eigenvalue weighted by molar-refractivity contribution is -0.168. The first-order valence-corrected chi connectivity index (χ1v) is 7.23. The van der Waals surface area contributed by atoms with Gasteiger partial charge in [-0.2, -0.15) is 0 Å². The van der Waals surface area contributed by atoms with Crippen molar-refractivity contribution >= 4 is 17.8 Å². The van der Waals surface area contributed by atoms with Crippen molar-refractivity contribution in [2.24, 2.45) is 0 Å². The van der Waals surface area contributed by atoms with E-state index >= 15 is 0 Å². The minimum atomic E-state index is -2.00. The average Bonchev–Trinajstić information content (AvgIpc) is 2.48. The van der Waals surface area contributed by atoms with Crippen LogP contribution in [0, 0.1) is 5.82 Å². The molecule has 1 rings (SSSR count). The van der Waals surface area contributed by atoms with Crippen molar-refractivity contribution in [2.45, 2.75) is 32.7 Å².